The van der Waals surface area contributed by atoms with E-state index in [1.54, 1.807) is 0 Å². The first-order valence-corrected chi connectivity index (χ1v) is 7.83. The van der Waals surface area contributed by atoms with Crippen molar-refractivity contribution in [2.24, 2.45) is 0 Å². The van der Waals surface area contributed by atoms with Crippen molar-refractivity contribution < 1.29 is 23.4 Å². The van der Waals surface area contributed by atoms with Gasteiger partial charge in [0.25, 0.3) is 5.56 Å². The van der Waals surface area contributed by atoms with Crippen molar-refractivity contribution in [2.45, 2.75) is 6.54 Å². The van der Waals surface area contributed by atoms with Gasteiger partial charge in [-0.15, -0.1) is 0 Å². The second-order valence-corrected chi connectivity index (χ2v) is 5.69. The van der Waals surface area contributed by atoms with Gasteiger partial charge in [0, 0.05) is 5.56 Å². The number of carboxylic acids is 1. The molecule has 0 amide bonds. The number of hydrogen-bond acceptors (Lipinski definition) is 4. The number of nitrogens with zero attached hydrogens (tertiary/aromatic N) is 2. The molecule has 0 spiro atoms. The first kappa shape index (κ1) is 18.2. The van der Waals surface area contributed by atoms with Crippen LogP contribution in [-0.2, 0) is 6.54 Å². The smallest absolute Gasteiger partial charge is 0.341 e. The summed E-state index contributed by atoms with van der Waals surface area (Å²) in [6, 6.07) is 10.5. The van der Waals surface area contributed by atoms with E-state index in [1.807, 2.05) is 0 Å². The highest BCUT2D eigenvalue weighted by atomic mass is 19.1. The van der Waals surface area contributed by atoms with Crippen LogP contribution >= 0.6 is 0 Å². The van der Waals surface area contributed by atoms with Crippen molar-refractivity contribution in [1.29, 1.82) is 0 Å². The molecule has 0 aliphatic carbocycles. The van der Waals surface area contributed by atoms with Crippen LogP contribution in [0.25, 0.3) is 11.3 Å². The van der Waals surface area contributed by atoms with Crippen LogP contribution < -0.4 is 10.3 Å². The van der Waals surface area contributed by atoms with Gasteiger partial charge in [-0.1, -0.05) is 12.1 Å². The van der Waals surface area contributed by atoms with Gasteiger partial charge in [-0.3, -0.25) is 4.79 Å². The van der Waals surface area contributed by atoms with Crippen LogP contribution in [0.3, 0.4) is 0 Å². The molecule has 0 atom stereocenters. The van der Waals surface area contributed by atoms with E-state index in [0.717, 1.165) is 16.8 Å². The molecule has 0 fully saturated rings. The SMILES string of the molecule is COc1ccc(-c2cc(C(=O)O)c(=O)n(Cc3ccc(F)cc3)n2)cc1F. The quantitative estimate of drug-likeness (QED) is 0.745. The number of carbonyl (C=O) groups is 1. The summed E-state index contributed by atoms with van der Waals surface area (Å²) < 4.78 is 32.8. The van der Waals surface area contributed by atoms with Crippen molar-refractivity contribution in [3.8, 4) is 17.0 Å². The molecular weight excluding hydrogens is 358 g/mol. The van der Waals surface area contributed by atoms with Crippen molar-refractivity contribution in [1.82, 2.24) is 9.78 Å². The van der Waals surface area contributed by atoms with Gasteiger partial charge in [-0.05, 0) is 42.0 Å². The van der Waals surface area contributed by atoms with E-state index >= 15 is 0 Å². The zero-order chi connectivity index (χ0) is 19.6. The molecule has 138 valence electrons. The number of aromatic carboxylic acids is 1. The third kappa shape index (κ3) is 3.84. The summed E-state index contributed by atoms with van der Waals surface area (Å²) in [5.74, 6) is -2.49. The van der Waals surface area contributed by atoms with Gasteiger partial charge in [0.05, 0.1) is 19.3 Å². The van der Waals surface area contributed by atoms with Crippen molar-refractivity contribution in [3.05, 3.63) is 81.6 Å². The Kier molecular flexibility index (Phi) is 4.98. The van der Waals surface area contributed by atoms with Crippen LogP contribution in [0, 0.1) is 11.6 Å². The topological polar surface area (TPSA) is 81.4 Å². The fourth-order valence-electron chi connectivity index (χ4n) is 2.53. The molecule has 0 saturated carbocycles. The molecule has 1 heterocycles. The van der Waals surface area contributed by atoms with Crippen LogP contribution in [0.4, 0.5) is 8.78 Å². The summed E-state index contributed by atoms with van der Waals surface area (Å²) in [5, 5.41) is 13.5. The minimum atomic E-state index is -1.43. The molecule has 2 aromatic carbocycles. The number of carboxylic acid groups (broad SMARTS) is 1. The highest BCUT2D eigenvalue weighted by Gasteiger charge is 2.17. The summed E-state index contributed by atoms with van der Waals surface area (Å²) in [4.78, 5) is 23.8. The fraction of sp³-hybridized carbons (Fsp3) is 0.105. The Morgan fingerprint density at radius 1 is 1.15 bits per heavy atom. The number of methoxy groups -OCH3 is 1. The molecule has 0 bridgehead atoms. The highest BCUT2D eigenvalue weighted by Crippen LogP contribution is 2.24. The highest BCUT2D eigenvalue weighted by molar-refractivity contribution is 5.88. The van der Waals surface area contributed by atoms with Gasteiger partial charge >= 0.3 is 5.97 Å². The summed E-state index contributed by atoms with van der Waals surface area (Å²) in [6.45, 7) is -0.0636. The molecule has 1 N–H and O–H groups in total. The minimum absolute atomic E-state index is 0.0249. The van der Waals surface area contributed by atoms with Crippen LogP contribution in [0.1, 0.15) is 15.9 Å². The summed E-state index contributed by atoms with van der Waals surface area (Å²) in [5.41, 5.74) is -0.373. The van der Waals surface area contributed by atoms with Crippen LogP contribution in [-0.4, -0.2) is 28.0 Å². The Morgan fingerprint density at radius 2 is 1.85 bits per heavy atom. The van der Waals surface area contributed by atoms with Crippen LogP contribution in [0.2, 0.25) is 0 Å². The number of rotatable bonds is 5. The normalized spacial score (nSPS) is 10.6. The second kappa shape index (κ2) is 7.36. The third-order valence-corrected chi connectivity index (χ3v) is 3.90. The van der Waals surface area contributed by atoms with Crippen LogP contribution in [0.15, 0.2) is 53.3 Å². The van der Waals surface area contributed by atoms with Crippen molar-refractivity contribution in [2.75, 3.05) is 7.11 Å². The van der Waals surface area contributed by atoms with Gasteiger partial charge in [0.2, 0.25) is 0 Å². The molecule has 6 nitrogen and oxygen atoms in total. The molecule has 0 aliphatic heterocycles. The molecule has 0 unspecified atom stereocenters. The summed E-state index contributed by atoms with van der Waals surface area (Å²) in [7, 11) is 1.32. The number of aromatic nitrogens is 2. The third-order valence-electron chi connectivity index (χ3n) is 3.90. The number of hydrogen-bond donors (Lipinski definition) is 1. The van der Waals surface area contributed by atoms with Gasteiger partial charge in [-0.2, -0.15) is 5.10 Å². The Morgan fingerprint density at radius 3 is 2.44 bits per heavy atom. The van der Waals surface area contributed by atoms with E-state index in [0.29, 0.717) is 5.56 Å². The average Bonchev–Trinajstić information content (AvgIpc) is 2.64. The number of ether oxygens (including phenoxy) is 1. The monoisotopic (exact) mass is 372 g/mol. The molecule has 3 rings (SSSR count). The lowest BCUT2D eigenvalue weighted by molar-refractivity contribution is 0.0693. The van der Waals surface area contributed by atoms with E-state index in [2.05, 4.69) is 5.10 Å². The van der Waals surface area contributed by atoms with Crippen molar-refractivity contribution >= 4 is 5.97 Å². The first-order chi connectivity index (χ1) is 12.9. The summed E-state index contributed by atoms with van der Waals surface area (Å²) in [6.07, 6.45) is 0. The average molecular weight is 372 g/mol. The van der Waals surface area contributed by atoms with Crippen molar-refractivity contribution in [3.63, 3.8) is 0 Å². The standard InChI is InChI=1S/C19H14F2N2O4/c1-27-17-7-4-12(8-15(17)21)16-9-14(19(25)26)18(24)23(22-16)10-11-2-5-13(20)6-3-11/h2-9H,10H2,1H3,(H,25,26). The fourth-order valence-corrected chi connectivity index (χ4v) is 2.53. The number of benzene rings is 2. The second-order valence-electron chi connectivity index (χ2n) is 5.69. The van der Waals surface area contributed by atoms with E-state index in [1.165, 1.54) is 43.5 Å². The van der Waals surface area contributed by atoms with E-state index in [4.69, 9.17) is 4.74 Å². The predicted molar refractivity (Wildman–Crippen MR) is 92.9 cm³/mol. The van der Waals surface area contributed by atoms with E-state index < -0.39 is 28.7 Å². The molecular formula is C19H14F2N2O4. The molecule has 27 heavy (non-hydrogen) atoms. The van der Waals surface area contributed by atoms with E-state index in [-0.39, 0.29) is 23.6 Å². The zero-order valence-corrected chi connectivity index (χ0v) is 14.1. The Balaban J connectivity index is 2.11. The maximum absolute atomic E-state index is 14.0. The minimum Gasteiger partial charge on any atom is -0.494 e. The van der Waals surface area contributed by atoms with Gasteiger partial charge in [0.1, 0.15) is 11.4 Å². The maximum atomic E-state index is 14.0. The van der Waals surface area contributed by atoms with Crippen LogP contribution in [0.5, 0.6) is 5.75 Å². The molecule has 0 aliphatic rings. The Hall–Kier alpha value is -3.55. The Labute approximate surface area is 152 Å². The lowest BCUT2D eigenvalue weighted by Crippen LogP contribution is -2.29. The number of halogens is 2. The molecule has 8 heteroatoms. The molecule has 3 aromatic rings. The Bertz CT molecular complexity index is 1060. The lowest BCUT2D eigenvalue weighted by Gasteiger charge is -2.10. The van der Waals surface area contributed by atoms with Gasteiger partial charge in [-0.25, -0.2) is 18.3 Å². The van der Waals surface area contributed by atoms with Gasteiger partial charge < -0.3 is 9.84 Å². The molecule has 0 saturated heterocycles. The lowest BCUT2D eigenvalue weighted by atomic mass is 10.1. The van der Waals surface area contributed by atoms with E-state index in [9.17, 15) is 23.5 Å². The maximum Gasteiger partial charge on any atom is 0.341 e. The molecule has 0 radical (unpaired) electrons. The first-order valence-electron chi connectivity index (χ1n) is 7.83. The predicted octanol–water partition coefficient (Wildman–Crippen LogP) is 2.94. The van der Waals surface area contributed by atoms with Gasteiger partial charge in [0.15, 0.2) is 11.6 Å². The summed E-state index contributed by atoms with van der Waals surface area (Å²) >= 11 is 0. The molecule has 1 aromatic heterocycles. The zero-order valence-electron chi connectivity index (χ0n) is 14.1. The largest absolute Gasteiger partial charge is 0.494 e.